The highest BCUT2D eigenvalue weighted by Gasteiger charge is 2.26. The van der Waals surface area contributed by atoms with Gasteiger partial charge in [0.1, 0.15) is 11.3 Å². The number of unbranched alkanes of at least 4 members (excludes halogenated alkanes) is 2. The van der Waals surface area contributed by atoms with Crippen LogP contribution in [-0.2, 0) is 9.57 Å². The SMILES string of the molecule is CC(C)OCCCC/C=C/c1ccc2c(c1)/C(=N\OC(C)(C)C)c1ccccc1-2. The number of nitrogens with zero attached hydrogens (tertiary/aromatic N) is 1. The van der Waals surface area contributed by atoms with E-state index in [0.29, 0.717) is 6.10 Å². The van der Waals surface area contributed by atoms with Crippen LogP contribution in [0.1, 0.15) is 70.6 Å². The number of ether oxygens (including phenoxy) is 1. The number of allylic oxidation sites excluding steroid dienone is 1. The average molecular weight is 392 g/mol. The van der Waals surface area contributed by atoms with Gasteiger partial charge >= 0.3 is 0 Å². The van der Waals surface area contributed by atoms with Gasteiger partial charge < -0.3 is 9.57 Å². The summed E-state index contributed by atoms with van der Waals surface area (Å²) in [5, 5.41) is 4.54. The van der Waals surface area contributed by atoms with Gasteiger partial charge in [-0.15, -0.1) is 0 Å². The molecule has 29 heavy (non-hydrogen) atoms. The highest BCUT2D eigenvalue weighted by molar-refractivity contribution is 6.24. The van der Waals surface area contributed by atoms with Gasteiger partial charge in [-0.25, -0.2) is 0 Å². The predicted octanol–water partition coefficient (Wildman–Crippen LogP) is 6.84. The van der Waals surface area contributed by atoms with Crippen LogP contribution in [0.15, 0.2) is 53.7 Å². The van der Waals surface area contributed by atoms with E-state index < -0.39 is 0 Å². The van der Waals surface area contributed by atoms with Crippen molar-refractivity contribution in [3.8, 4) is 11.1 Å². The molecule has 0 saturated heterocycles. The summed E-state index contributed by atoms with van der Waals surface area (Å²) in [5.74, 6) is 0. The minimum atomic E-state index is -0.318. The largest absolute Gasteiger partial charge is 0.390 e. The predicted molar refractivity (Wildman–Crippen MR) is 122 cm³/mol. The third-order valence-corrected chi connectivity index (χ3v) is 4.71. The van der Waals surface area contributed by atoms with Crippen molar-refractivity contribution in [3.05, 3.63) is 65.2 Å². The second kappa shape index (κ2) is 9.41. The third kappa shape index (κ3) is 5.80. The van der Waals surface area contributed by atoms with Gasteiger partial charge in [-0.05, 0) is 76.6 Å². The van der Waals surface area contributed by atoms with E-state index in [9.17, 15) is 0 Å². The summed E-state index contributed by atoms with van der Waals surface area (Å²) in [6.07, 6.45) is 8.08. The molecule has 0 saturated carbocycles. The van der Waals surface area contributed by atoms with Crippen LogP contribution < -0.4 is 0 Å². The van der Waals surface area contributed by atoms with E-state index >= 15 is 0 Å². The van der Waals surface area contributed by atoms with Gasteiger partial charge in [0.2, 0.25) is 0 Å². The molecule has 0 aliphatic heterocycles. The molecule has 0 N–H and O–H groups in total. The zero-order chi connectivity index (χ0) is 20.9. The number of fused-ring (bicyclic) bond motifs is 3. The second-order valence-electron chi connectivity index (χ2n) is 8.81. The molecule has 0 radical (unpaired) electrons. The molecule has 0 heterocycles. The normalized spacial score (nSPS) is 14.6. The Morgan fingerprint density at radius 1 is 0.931 bits per heavy atom. The molecule has 0 aromatic heterocycles. The van der Waals surface area contributed by atoms with Crippen molar-refractivity contribution in [1.82, 2.24) is 0 Å². The van der Waals surface area contributed by atoms with Crippen LogP contribution in [0.3, 0.4) is 0 Å². The molecule has 0 spiro atoms. The van der Waals surface area contributed by atoms with E-state index in [0.717, 1.165) is 42.7 Å². The molecule has 3 nitrogen and oxygen atoms in total. The minimum absolute atomic E-state index is 0.318. The van der Waals surface area contributed by atoms with Crippen LogP contribution in [0.4, 0.5) is 0 Å². The Hall–Kier alpha value is -2.39. The van der Waals surface area contributed by atoms with Crippen molar-refractivity contribution in [2.45, 2.75) is 65.6 Å². The maximum absolute atomic E-state index is 5.78. The Morgan fingerprint density at radius 2 is 1.66 bits per heavy atom. The molecule has 0 atom stereocenters. The van der Waals surface area contributed by atoms with E-state index in [1.54, 1.807) is 0 Å². The maximum Gasteiger partial charge on any atom is 0.129 e. The van der Waals surface area contributed by atoms with Gasteiger partial charge in [-0.1, -0.05) is 53.7 Å². The zero-order valence-corrected chi connectivity index (χ0v) is 18.4. The molecule has 1 aliphatic carbocycles. The summed E-state index contributed by atoms with van der Waals surface area (Å²) in [4.78, 5) is 5.78. The highest BCUT2D eigenvalue weighted by Crippen LogP contribution is 2.37. The molecular weight excluding hydrogens is 358 g/mol. The van der Waals surface area contributed by atoms with Crippen molar-refractivity contribution in [1.29, 1.82) is 0 Å². The summed E-state index contributed by atoms with van der Waals surface area (Å²) in [5.41, 5.74) is 6.52. The molecule has 0 amide bonds. The van der Waals surface area contributed by atoms with Crippen molar-refractivity contribution >= 4 is 11.8 Å². The smallest absolute Gasteiger partial charge is 0.129 e. The lowest BCUT2D eigenvalue weighted by molar-refractivity contribution is 0.00121. The van der Waals surface area contributed by atoms with Gasteiger partial charge in [0, 0.05) is 17.7 Å². The fourth-order valence-electron chi connectivity index (χ4n) is 3.35. The molecule has 0 bridgehead atoms. The lowest BCUT2D eigenvalue weighted by Gasteiger charge is -2.16. The Balaban J connectivity index is 1.74. The summed E-state index contributed by atoms with van der Waals surface area (Å²) in [6.45, 7) is 11.1. The first-order valence-corrected chi connectivity index (χ1v) is 10.6. The van der Waals surface area contributed by atoms with E-state index in [4.69, 9.17) is 9.57 Å². The lowest BCUT2D eigenvalue weighted by atomic mass is 10.0. The summed E-state index contributed by atoms with van der Waals surface area (Å²) < 4.78 is 5.60. The first kappa shape index (κ1) is 21.3. The standard InChI is InChI=1S/C26H33NO2/c1-19(2)28-17-11-7-6-8-12-20-15-16-22-21-13-9-10-14-23(21)25(24(22)18-20)27-29-26(3,4)5/h8-10,12-16,18-19H,6-7,11,17H2,1-5H3/b12-8+,27-25-. The monoisotopic (exact) mass is 391 g/mol. The van der Waals surface area contributed by atoms with Crippen molar-refractivity contribution in [2.75, 3.05) is 6.61 Å². The second-order valence-corrected chi connectivity index (χ2v) is 8.81. The van der Waals surface area contributed by atoms with Crippen LogP contribution in [0.25, 0.3) is 17.2 Å². The maximum atomic E-state index is 5.78. The number of benzene rings is 2. The highest BCUT2D eigenvalue weighted by atomic mass is 16.6. The Kier molecular flexibility index (Phi) is 6.92. The van der Waals surface area contributed by atoms with Crippen LogP contribution in [0, 0.1) is 0 Å². The molecule has 2 aromatic rings. The van der Waals surface area contributed by atoms with Crippen molar-refractivity contribution in [2.24, 2.45) is 5.16 Å². The number of hydrogen-bond acceptors (Lipinski definition) is 3. The summed E-state index contributed by atoms with van der Waals surface area (Å²) >= 11 is 0. The quantitative estimate of drug-likeness (QED) is 0.311. The number of rotatable bonds is 8. The first-order chi connectivity index (χ1) is 13.8. The van der Waals surface area contributed by atoms with Crippen molar-refractivity contribution < 1.29 is 9.57 Å². The third-order valence-electron chi connectivity index (χ3n) is 4.71. The average Bonchev–Trinajstić information content (AvgIpc) is 2.98. The van der Waals surface area contributed by atoms with E-state index in [2.05, 4.69) is 73.6 Å². The lowest BCUT2D eigenvalue weighted by Crippen LogP contribution is -2.17. The number of hydrogen-bond donors (Lipinski definition) is 0. The fraction of sp³-hybridized carbons (Fsp3) is 0.423. The fourth-order valence-corrected chi connectivity index (χ4v) is 3.35. The minimum Gasteiger partial charge on any atom is -0.390 e. The Morgan fingerprint density at radius 3 is 2.38 bits per heavy atom. The first-order valence-electron chi connectivity index (χ1n) is 10.6. The van der Waals surface area contributed by atoms with Gasteiger partial charge in [0.15, 0.2) is 0 Å². The van der Waals surface area contributed by atoms with Crippen molar-refractivity contribution in [3.63, 3.8) is 0 Å². The van der Waals surface area contributed by atoms with Crippen LogP contribution in [-0.4, -0.2) is 24.0 Å². The van der Waals surface area contributed by atoms with Gasteiger partial charge in [-0.2, -0.15) is 0 Å². The molecule has 154 valence electrons. The Labute approximate surface area is 175 Å². The topological polar surface area (TPSA) is 30.8 Å². The van der Waals surface area contributed by atoms with E-state index in [-0.39, 0.29) is 5.60 Å². The molecule has 0 fully saturated rings. The Bertz CT molecular complexity index is 888. The molecule has 1 aliphatic rings. The number of oxime groups is 1. The molecule has 2 aromatic carbocycles. The zero-order valence-electron chi connectivity index (χ0n) is 18.4. The van der Waals surface area contributed by atoms with Gasteiger partial charge in [0.25, 0.3) is 0 Å². The van der Waals surface area contributed by atoms with Crippen LogP contribution >= 0.6 is 0 Å². The molecular formula is C26H33NO2. The molecule has 3 rings (SSSR count). The van der Waals surface area contributed by atoms with E-state index in [1.165, 1.54) is 16.7 Å². The van der Waals surface area contributed by atoms with Gasteiger partial charge in [-0.3, -0.25) is 0 Å². The van der Waals surface area contributed by atoms with Gasteiger partial charge in [0.05, 0.1) is 6.10 Å². The van der Waals surface area contributed by atoms with Crippen LogP contribution in [0.5, 0.6) is 0 Å². The summed E-state index contributed by atoms with van der Waals surface area (Å²) in [6, 6.07) is 15.0. The summed E-state index contributed by atoms with van der Waals surface area (Å²) in [7, 11) is 0. The van der Waals surface area contributed by atoms with Crippen LogP contribution in [0.2, 0.25) is 0 Å². The van der Waals surface area contributed by atoms with E-state index in [1.807, 2.05) is 20.8 Å². The molecule has 3 heteroatoms. The molecule has 0 unspecified atom stereocenters.